The molecule has 5 heteroatoms. The van der Waals surface area contributed by atoms with Crippen LogP contribution in [-0.4, -0.2) is 16.4 Å². The fraction of sp³-hybridized carbons (Fsp3) is 1.00. The SMILES string of the molecule is C[C@@]12CCCC[C@H]1SC(F)(F)C2(F)F. The van der Waals surface area contributed by atoms with Crippen LogP contribution >= 0.6 is 11.8 Å². The zero-order valence-corrected chi connectivity index (χ0v) is 8.64. The molecular formula is C9H12F4S. The molecule has 0 nitrogen and oxygen atoms in total. The molecular weight excluding hydrogens is 216 g/mol. The molecule has 2 atom stereocenters. The lowest BCUT2D eigenvalue weighted by molar-refractivity contribution is -0.212. The highest BCUT2D eigenvalue weighted by atomic mass is 32.2. The van der Waals surface area contributed by atoms with Gasteiger partial charge in [-0.2, -0.15) is 17.6 Å². The smallest absolute Gasteiger partial charge is 0.198 e. The average Bonchev–Trinajstić information content (AvgIpc) is 2.20. The summed E-state index contributed by atoms with van der Waals surface area (Å²) in [6, 6.07) is 0. The fourth-order valence-corrected chi connectivity index (χ4v) is 3.98. The molecule has 0 N–H and O–H groups in total. The van der Waals surface area contributed by atoms with Crippen LogP contribution in [0.5, 0.6) is 0 Å². The Kier molecular flexibility index (Phi) is 2.12. The second-order valence-electron chi connectivity index (χ2n) is 4.36. The topological polar surface area (TPSA) is 0 Å². The lowest BCUT2D eigenvalue weighted by Gasteiger charge is -2.38. The Morgan fingerprint density at radius 1 is 1.14 bits per heavy atom. The maximum Gasteiger partial charge on any atom is 0.356 e. The monoisotopic (exact) mass is 228 g/mol. The molecule has 1 heterocycles. The molecule has 1 saturated carbocycles. The second kappa shape index (κ2) is 2.80. The molecule has 0 bridgehead atoms. The zero-order chi connectivity index (χ0) is 10.6. The van der Waals surface area contributed by atoms with Crippen LogP contribution < -0.4 is 0 Å². The molecule has 2 aliphatic rings. The standard InChI is InChI=1S/C9H12F4S/c1-7-5-3-2-4-6(7)14-9(12,13)8(7,10)11/h6H,2-5H2,1H3/t6-,7-/m1/s1. The summed E-state index contributed by atoms with van der Waals surface area (Å²) in [4.78, 5) is 0. The summed E-state index contributed by atoms with van der Waals surface area (Å²) in [5, 5.41) is -4.46. The van der Waals surface area contributed by atoms with E-state index in [1.54, 1.807) is 0 Å². The van der Waals surface area contributed by atoms with Crippen LogP contribution in [-0.2, 0) is 0 Å². The third-order valence-electron chi connectivity index (χ3n) is 3.50. The van der Waals surface area contributed by atoms with Gasteiger partial charge in [-0.1, -0.05) is 31.5 Å². The van der Waals surface area contributed by atoms with E-state index in [-0.39, 0.29) is 18.2 Å². The first kappa shape index (κ1) is 10.6. The van der Waals surface area contributed by atoms with Crippen molar-refractivity contribution in [1.82, 2.24) is 0 Å². The highest BCUT2D eigenvalue weighted by Crippen LogP contribution is 2.68. The summed E-state index contributed by atoms with van der Waals surface area (Å²) in [6.45, 7) is 1.31. The van der Waals surface area contributed by atoms with Gasteiger partial charge in [0.1, 0.15) is 0 Å². The highest BCUT2D eigenvalue weighted by Gasteiger charge is 2.75. The quantitative estimate of drug-likeness (QED) is 0.566. The van der Waals surface area contributed by atoms with Crippen molar-refractivity contribution in [3.05, 3.63) is 0 Å². The molecule has 1 aliphatic heterocycles. The molecule has 0 amide bonds. The molecule has 0 unspecified atom stereocenters. The first-order chi connectivity index (χ1) is 6.31. The molecule has 1 saturated heterocycles. The number of halogens is 4. The van der Waals surface area contributed by atoms with Crippen molar-refractivity contribution in [3.63, 3.8) is 0 Å². The molecule has 0 aromatic carbocycles. The number of fused-ring (bicyclic) bond motifs is 1. The van der Waals surface area contributed by atoms with Gasteiger partial charge in [-0.05, 0) is 12.8 Å². The van der Waals surface area contributed by atoms with Crippen LogP contribution in [0, 0.1) is 5.41 Å². The van der Waals surface area contributed by atoms with E-state index in [1.807, 2.05) is 0 Å². The number of rotatable bonds is 0. The Balaban J connectivity index is 2.39. The Hall–Kier alpha value is 0.0700. The summed E-state index contributed by atoms with van der Waals surface area (Å²) < 4.78 is 53.1. The third-order valence-corrected chi connectivity index (χ3v) is 5.09. The van der Waals surface area contributed by atoms with Crippen LogP contribution in [0.1, 0.15) is 32.6 Å². The zero-order valence-electron chi connectivity index (χ0n) is 7.83. The third kappa shape index (κ3) is 1.08. The predicted octanol–water partition coefficient (Wildman–Crippen LogP) is 3.91. The van der Waals surface area contributed by atoms with Crippen molar-refractivity contribution >= 4 is 11.8 Å². The maximum absolute atomic E-state index is 13.5. The average molecular weight is 228 g/mol. The van der Waals surface area contributed by atoms with E-state index in [1.165, 1.54) is 6.92 Å². The molecule has 1 aliphatic carbocycles. The van der Waals surface area contributed by atoms with Crippen LogP contribution in [0.4, 0.5) is 17.6 Å². The summed E-state index contributed by atoms with van der Waals surface area (Å²) in [5.41, 5.74) is -1.50. The van der Waals surface area contributed by atoms with Crippen molar-refractivity contribution < 1.29 is 17.6 Å². The molecule has 2 fully saturated rings. The van der Waals surface area contributed by atoms with Gasteiger partial charge in [0.05, 0.1) is 5.41 Å². The number of alkyl halides is 4. The molecule has 0 radical (unpaired) electrons. The van der Waals surface area contributed by atoms with E-state index < -0.39 is 21.8 Å². The van der Waals surface area contributed by atoms with Gasteiger partial charge >= 0.3 is 11.2 Å². The summed E-state index contributed by atoms with van der Waals surface area (Å²) in [5.74, 6) is -3.85. The van der Waals surface area contributed by atoms with Gasteiger partial charge in [0, 0.05) is 5.25 Å². The molecule has 0 spiro atoms. The first-order valence-corrected chi connectivity index (χ1v) is 5.63. The number of thioether (sulfide) groups is 1. The van der Waals surface area contributed by atoms with E-state index >= 15 is 0 Å². The lowest BCUT2D eigenvalue weighted by atomic mass is 9.71. The minimum atomic E-state index is -3.88. The van der Waals surface area contributed by atoms with Crippen LogP contribution in [0.25, 0.3) is 0 Å². The minimum absolute atomic E-state index is 0.174. The van der Waals surface area contributed by atoms with Crippen molar-refractivity contribution in [3.8, 4) is 0 Å². The number of hydrogen-bond acceptors (Lipinski definition) is 1. The van der Waals surface area contributed by atoms with Crippen molar-refractivity contribution in [2.45, 2.75) is 49.0 Å². The summed E-state index contributed by atoms with van der Waals surface area (Å²) in [6.07, 6.45) is 2.14. The van der Waals surface area contributed by atoms with Gasteiger partial charge in [0.2, 0.25) is 0 Å². The van der Waals surface area contributed by atoms with Gasteiger partial charge in [-0.3, -0.25) is 0 Å². The van der Waals surface area contributed by atoms with E-state index in [9.17, 15) is 17.6 Å². The predicted molar refractivity (Wildman–Crippen MR) is 47.8 cm³/mol. The van der Waals surface area contributed by atoms with Gasteiger partial charge in [0.15, 0.2) is 0 Å². The van der Waals surface area contributed by atoms with Crippen LogP contribution in [0.2, 0.25) is 0 Å². The Morgan fingerprint density at radius 3 is 2.36 bits per heavy atom. The first-order valence-electron chi connectivity index (χ1n) is 4.75. The lowest BCUT2D eigenvalue weighted by Crippen LogP contribution is -2.48. The van der Waals surface area contributed by atoms with Crippen LogP contribution in [0.15, 0.2) is 0 Å². The van der Waals surface area contributed by atoms with Crippen molar-refractivity contribution in [2.75, 3.05) is 0 Å². The van der Waals surface area contributed by atoms with Gasteiger partial charge in [-0.25, -0.2) is 0 Å². The molecule has 82 valence electrons. The van der Waals surface area contributed by atoms with E-state index in [0.29, 0.717) is 12.8 Å². The minimum Gasteiger partial charge on any atom is -0.198 e. The van der Waals surface area contributed by atoms with Gasteiger partial charge < -0.3 is 0 Å². The largest absolute Gasteiger partial charge is 0.356 e. The maximum atomic E-state index is 13.5. The van der Waals surface area contributed by atoms with Crippen molar-refractivity contribution in [2.24, 2.45) is 5.41 Å². The van der Waals surface area contributed by atoms with Crippen molar-refractivity contribution in [1.29, 1.82) is 0 Å². The second-order valence-corrected chi connectivity index (χ2v) is 5.68. The molecule has 0 aromatic rings. The Morgan fingerprint density at radius 2 is 1.79 bits per heavy atom. The fourth-order valence-electron chi connectivity index (χ4n) is 2.43. The van der Waals surface area contributed by atoms with E-state index in [2.05, 4.69) is 0 Å². The van der Waals surface area contributed by atoms with E-state index in [4.69, 9.17) is 0 Å². The van der Waals surface area contributed by atoms with E-state index in [0.717, 1.165) is 6.42 Å². The number of hydrogen-bond donors (Lipinski definition) is 0. The Bertz CT molecular complexity index is 253. The van der Waals surface area contributed by atoms with Crippen LogP contribution in [0.3, 0.4) is 0 Å². The molecule has 14 heavy (non-hydrogen) atoms. The normalized spacial score (nSPS) is 44.8. The van der Waals surface area contributed by atoms with Gasteiger partial charge in [0.25, 0.3) is 0 Å². The molecule has 0 aromatic heterocycles. The highest BCUT2D eigenvalue weighted by molar-refractivity contribution is 8.01. The molecule has 2 rings (SSSR count). The van der Waals surface area contributed by atoms with Gasteiger partial charge in [-0.15, -0.1) is 0 Å². The summed E-state index contributed by atoms with van der Waals surface area (Å²) in [7, 11) is 0. The summed E-state index contributed by atoms with van der Waals surface area (Å²) >= 11 is 0.174. The Labute approximate surface area is 84.4 Å².